The molecule has 0 radical (unpaired) electrons. The van der Waals surface area contributed by atoms with E-state index in [0.29, 0.717) is 11.6 Å². The predicted molar refractivity (Wildman–Crippen MR) is 116 cm³/mol. The highest BCUT2D eigenvalue weighted by molar-refractivity contribution is 7.90. The number of morpholine rings is 1. The summed E-state index contributed by atoms with van der Waals surface area (Å²) in [6.07, 6.45) is 3.21. The van der Waals surface area contributed by atoms with Crippen LogP contribution in [0.5, 0.6) is 0 Å². The lowest BCUT2D eigenvalue weighted by atomic mass is 9.92. The maximum absolute atomic E-state index is 12.0. The lowest BCUT2D eigenvalue weighted by Crippen LogP contribution is -2.39. The van der Waals surface area contributed by atoms with E-state index in [0.717, 1.165) is 69.5 Å². The Bertz CT molecular complexity index is 832. The van der Waals surface area contributed by atoms with E-state index in [2.05, 4.69) is 14.5 Å². The third-order valence-electron chi connectivity index (χ3n) is 5.87. The Morgan fingerprint density at radius 1 is 1.20 bits per heavy atom. The van der Waals surface area contributed by atoms with Gasteiger partial charge in [0, 0.05) is 40.3 Å². The average Bonchev–Trinajstić information content (AvgIpc) is 2.73. The van der Waals surface area contributed by atoms with Crippen molar-refractivity contribution >= 4 is 27.6 Å². The molecule has 2 heterocycles. The van der Waals surface area contributed by atoms with Gasteiger partial charge in [-0.3, -0.25) is 9.62 Å². The third-order valence-corrected chi connectivity index (χ3v) is 7.32. The highest BCUT2D eigenvalue weighted by atomic mass is 32.2. The average molecular weight is 441 g/mol. The Morgan fingerprint density at radius 2 is 1.87 bits per heavy atom. The van der Waals surface area contributed by atoms with E-state index >= 15 is 0 Å². The number of nitrogens with one attached hydrogen (secondary N) is 1. The lowest BCUT2D eigenvalue weighted by molar-refractivity contribution is 0.0349. The molecule has 0 saturated carbocycles. The second-order valence-corrected chi connectivity index (χ2v) is 9.98. The number of carboxylic acids is 1. The number of aromatic carboxylic acids is 1. The summed E-state index contributed by atoms with van der Waals surface area (Å²) in [4.78, 5) is 16.4. The van der Waals surface area contributed by atoms with Crippen molar-refractivity contribution in [2.24, 2.45) is 5.92 Å². The summed E-state index contributed by atoms with van der Waals surface area (Å²) in [6, 6.07) is 4.71. The molecule has 3 rings (SSSR count). The number of rotatable bonds is 8. The number of carboxylic acid groups (broad SMARTS) is 1. The van der Waals surface area contributed by atoms with Gasteiger partial charge >= 0.3 is 16.2 Å². The van der Waals surface area contributed by atoms with Gasteiger partial charge in [0.1, 0.15) is 0 Å². The van der Waals surface area contributed by atoms with Gasteiger partial charge in [0.15, 0.2) is 0 Å². The molecular weight excluding hydrogens is 408 g/mol. The molecule has 1 aromatic rings. The van der Waals surface area contributed by atoms with Gasteiger partial charge in [-0.15, -0.1) is 0 Å². The number of ether oxygens (including phenoxy) is 1. The molecule has 2 saturated heterocycles. The maximum Gasteiger partial charge on any atom is 0.337 e. The zero-order chi connectivity index (χ0) is 21.7. The van der Waals surface area contributed by atoms with Crippen molar-refractivity contribution in [3.8, 4) is 0 Å². The Balaban J connectivity index is 1.61. The molecule has 0 amide bonds. The minimum Gasteiger partial charge on any atom is -0.478 e. The first-order valence-corrected chi connectivity index (χ1v) is 11.8. The van der Waals surface area contributed by atoms with Gasteiger partial charge in [0.2, 0.25) is 0 Å². The Morgan fingerprint density at radius 3 is 2.47 bits per heavy atom. The van der Waals surface area contributed by atoms with Crippen molar-refractivity contribution in [2.45, 2.75) is 19.3 Å². The van der Waals surface area contributed by atoms with Crippen molar-refractivity contribution in [1.82, 2.24) is 9.21 Å². The van der Waals surface area contributed by atoms with Crippen molar-refractivity contribution in [2.75, 3.05) is 69.7 Å². The standard InChI is InChI=1S/C20H32N4O5S/c1-22(2)30(27,28)21-17-3-4-19(18(15-17)20(25)26)24-9-6-16(7-10-24)5-8-23-11-13-29-14-12-23/h3-4,15-16,21H,5-14H2,1-2H3,(H,25,26). The summed E-state index contributed by atoms with van der Waals surface area (Å²) in [5, 5.41) is 9.68. The van der Waals surface area contributed by atoms with Gasteiger partial charge in [-0.1, -0.05) is 0 Å². The fraction of sp³-hybridized carbons (Fsp3) is 0.650. The summed E-state index contributed by atoms with van der Waals surface area (Å²) in [5.41, 5.74) is 0.993. The molecule has 0 aliphatic carbocycles. The third kappa shape index (κ3) is 5.84. The summed E-state index contributed by atoms with van der Waals surface area (Å²) < 4.78 is 32.9. The quantitative estimate of drug-likeness (QED) is 0.632. The first kappa shape index (κ1) is 22.8. The second-order valence-electron chi connectivity index (χ2n) is 8.10. The van der Waals surface area contributed by atoms with Gasteiger partial charge < -0.3 is 14.7 Å². The molecule has 0 aromatic heterocycles. The van der Waals surface area contributed by atoms with Gasteiger partial charge in [-0.2, -0.15) is 12.7 Å². The monoisotopic (exact) mass is 440 g/mol. The number of benzene rings is 1. The van der Waals surface area contributed by atoms with E-state index in [-0.39, 0.29) is 11.3 Å². The van der Waals surface area contributed by atoms with Crippen molar-refractivity contribution in [1.29, 1.82) is 0 Å². The van der Waals surface area contributed by atoms with Crippen molar-refractivity contribution < 1.29 is 23.1 Å². The molecule has 0 unspecified atom stereocenters. The lowest BCUT2D eigenvalue weighted by Gasteiger charge is -2.35. The van der Waals surface area contributed by atoms with Crippen LogP contribution in [0.2, 0.25) is 0 Å². The van der Waals surface area contributed by atoms with Crippen LogP contribution in [-0.4, -0.2) is 88.7 Å². The molecule has 2 aliphatic rings. The van der Waals surface area contributed by atoms with Crippen LogP contribution in [0.3, 0.4) is 0 Å². The van der Waals surface area contributed by atoms with Gasteiger partial charge in [-0.25, -0.2) is 4.79 Å². The minimum atomic E-state index is -3.69. The van der Waals surface area contributed by atoms with E-state index in [4.69, 9.17) is 4.74 Å². The van der Waals surface area contributed by atoms with Crippen LogP contribution in [0.4, 0.5) is 11.4 Å². The number of nitrogens with zero attached hydrogens (tertiary/aromatic N) is 3. The van der Waals surface area contributed by atoms with Gasteiger partial charge in [0.05, 0.1) is 30.2 Å². The van der Waals surface area contributed by atoms with Crippen molar-refractivity contribution in [3.05, 3.63) is 23.8 Å². The van der Waals surface area contributed by atoms with E-state index in [1.807, 2.05) is 0 Å². The predicted octanol–water partition coefficient (Wildman–Crippen LogP) is 1.54. The second kappa shape index (κ2) is 9.95. The Labute approximate surface area is 178 Å². The van der Waals surface area contributed by atoms with Crippen molar-refractivity contribution in [3.63, 3.8) is 0 Å². The highest BCUT2D eigenvalue weighted by Crippen LogP contribution is 2.30. The number of piperidine rings is 1. The van der Waals surface area contributed by atoms with E-state index < -0.39 is 16.2 Å². The minimum absolute atomic E-state index is 0.112. The number of hydrogen-bond donors (Lipinski definition) is 2. The first-order valence-electron chi connectivity index (χ1n) is 10.4. The molecule has 168 valence electrons. The highest BCUT2D eigenvalue weighted by Gasteiger charge is 2.24. The molecule has 1 aromatic carbocycles. The Hall–Kier alpha value is -1.88. The van der Waals surface area contributed by atoms with Crippen LogP contribution in [0.15, 0.2) is 18.2 Å². The smallest absolute Gasteiger partial charge is 0.337 e. The van der Waals surface area contributed by atoms with Crippen LogP contribution in [-0.2, 0) is 14.9 Å². The largest absolute Gasteiger partial charge is 0.478 e. The molecule has 9 nitrogen and oxygen atoms in total. The summed E-state index contributed by atoms with van der Waals surface area (Å²) in [7, 11) is -0.860. The van der Waals surface area contributed by atoms with Crippen LogP contribution in [0, 0.1) is 5.92 Å². The van der Waals surface area contributed by atoms with Crippen LogP contribution < -0.4 is 9.62 Å². The summed E-state index contributed by atoms with van der Waals surface area (Å²) >= 11 is 0. The SMILES string of the molecule is CN(C)S(=O)(=O)Nc1ccc(N2CCC(CCN3CCOCC3)CC2)c(C(=O)O)c1. The fourth-order valence-electron chi connectivity index (χ4n) is 3.94. The molecular formula is C20H32N4O5S. The van der Waals surface area contributed by atoms with E-state index in [9.17, 15) is 18.3 Å². The van der Waals surface area contributed by atoms with Crippen LogP contribution in [0.1, 0.15) is 29.6 Å². The van der Waals surface area contributed by atoms with E-state index in [1.165, 1.54) is 20.2 Å². The molecule has 2 aliphatic heterocycles. The molecule has 0 bridgehead atoms. The van der Waals surface area contributed by atoms with E-state index in [1.54, 1.807) is 12.1 Å². The van der Waals surface area contributed by atoms with Gasteiger partial charge in [0.25, 0.3) is 0 Å². The maximum atomic E-state index is 12.0. The number of carbonyl (C=O) groups is 1. The zero-order valence-electron chi connectivity index (χ0n) is 17.7. The van der Waals surface area contributed by atoms with Crippen LogP contribution in [0.25, 0.3) is 0 Å². The number of hydrogen-bond acceptors (Lipinski definition) is 6. The molecule has 0 atom stereocenters. The summed E-state index contributed by atoms with van der Waals surface area (Å²) in [5.74, 6) is -0.422. The Kier molecular flexibility index (Phi) is 7.56. The fourth-order valence-corrected chi connectivity index (χ4v) is 4.55. The number of anilines is 2. The van der Waals surface area contributed by atoms with Gasteiger partial charge in [-0.05, 0) is 49.9 Å². The summed E-state index contributed by atoms with van der Waals surface area (Å²) in [6.45, 7) is 6.34. The molecule has 30 heavy (non-hydrogen) atoms. The van der Waals surface area contributed by atoms with Crippen LogP contribution >= 0.6 is 0 Å². The molecule has 2 fully saturated rings. The molecule has 10 heteroatoms. The zero-order valence-corrected chi connectivity index (χ0v) is 18.5. The molecule has 2 N–H and O–H groups in total. The first-order chi connectivity index (χ1) is 14.3. The topological polar surface area (TPSA) is 102 Å². The molecule has 0 spiro atoms. The normalized spacial score (nSPS) is 19.2.